The van der Waals surface area contributed by atoms with Gasteiger partial charge in [-0.25, -0.2) is 4.99 Å². The first kappa shape index (κ1) is 17.9. The van der Waals surface area contributed by atoms with Crippen molar-refractivity contribution in [1.82, 2.24) is 4.90 Å². The van der Waals surface area contributed by atoms with E-state index in [-0.39, 0.29) is 10.6 Å². The summed E-state index contributed by atoms with van der Waals surface area (Å²) in [7, 11) is 0. The summed E-state index contributed by atoms with van der Waals surface area (Å²) in [6.45, 7) is 4.40. The maximum atomic E-state index is 11.1. The Morgan fingerprint density at radius 2 is 1.88 bits per heavy atom. The molecule has 0 aliphatic carbocycles. The number of hydrogen-bond acceptors (Lipinski definition) is 4. The molecular formula is C20H23N3O3. The van der Waals surface area contributed by atoms with Crippen LogP contribution in [0.1, 0.15) is 31.7 Å². The van der Waals surface area contributed by atoms with Crippen LogP contribution in [0.25, 0.3) is 0 Å². The van der Waals surface area contributed by atoms with Gasteiger partial charge < -0.3 is 9.64 Å². The smallest absolute Gasteiger partial charge is 0.270 e. The molecule has 0 spiro atoms. The SMILES string of the molecule is CCOc1ccc(N=C(c2cccc([N+](=O)[O-])c2)N2CCCCC2)cc1. The molecule has 1 fully saturated rings. The van der Waals surface area contributed by atoms with E-state index in [1.807, 2.05) is 37.3 Å². The molecule has 0 aromatic heterocycles. The molecule has 0 atom stereocenters. The zero-order valence-electron chi connectivity index (χ0n) is 14.9. The van der Waals surface area contributed by atoms with Crippen molar-refractivity contribution in [2.75, 3.05) is 19.7 Å². The number of hydrogen-bond donors (Lipinski definition) is 0. The van der Waals surface area contributed by atoms with Gasteiger partial charge in [-0.05, 0) is 50.5 Å². The molecule has 6 heteroatoms. The third-order valence-electron chi connectivity index (χ3n) is 4.35. The van der Waals surface area contributed by atoms with Crippen LogP contribution in [0, 0.1) is 10.1 Å². The second-order valence-electron chi connectivity index (χ2n) is 6.22. The summed E-state index contributed by atoms with van der Waals surface area (Å²) in [6, 6.07) is 14.3. The lowest BCUT2D eigenvalue weighted by Gasteiger charge is -2.30. The third kappa shape index (κ3) is 4.39. The van der Waals surface area contributed by atoms with E-state index in [2.05, 4.69) is 4.90 Å². The van der Waals surface area contributed by atoms with Gasteiger partial charge in [0.15, 0.2) is 0 Å². The first-order valence-corrected chi connectivity index (χ1v) is 8.98. The van der Waals surface area contributed by atoms with E-state index < -0.39 is 0 Å². The second-order valence-corrected chi connectivity index (χ2v) is 6.22. The van der Waals surface area contributed by atoms with E-state index in [1.54, 1.807) is 12.1 Å². The van der Waals surface area contributed by atoms with E-state index in [0.717, 1.165) is 48.8 Å². The van der Waals surface area contributed by atoms with Crippen molar-refractivity contribution >= 4 is 17.2 Å². The Kier molecular flexibility index (Phi) is 5.84. The first-order chi connectivity index (χ1) is 12.7. The quantitative estimate of drug-likeness (QED) is 0.342. The molecule has 0 saturated carbocycles. The molecule has 1 saturated heterocycles. The van der Waals surface area contributed by atoms with Crippen molar-refractivity contribution in [1.29, 1.82) is 0 Å². The summed E-state index contributed by atoms with van der Waals surface area (Å²) in [5.74, 6) is 1.60. The Hall–Kier alpha value is -2.89. The number of piperidine rings is 1. The molecule has 2 aromatic carbocycles. The summed E-state index contributed by atoms with van der Waals surface area (Å²) in [5.41, 5.74) is 1.66. The minimum absolute atomic E-state index is 0.0823. The molecule has 1 aliphatic heterocycles. The molecule has 0 unspecified atom stereocenters. The fraction of sp³-hybridized carbons (Fsp3) is 0.350. The van der Waals surface area contributed by atoms with E-state index in [1.165, 1.54) is 12.5 Å². The molecule has 0 amide bonds. The Morgan fingerprint density at radius 3 is 2.54 bits per heavy atom. The molecule has 2 aromatic rings. The van der Waals surface area contributed by atoms with Gasteiger partial charge in [0.1, 0.15) is 11.6 Å². The van der Waals surface area contributed by atoms with Crippen LogP contribution in [0.5, 0.6) is 5.75 Å². The Morgan fingerprint density at radius 1 is 1.15 bits per heavy atom. The maximum Gasteiger partial charge on any atom is 0.270 e. The Balaban J connectivity index is 1.97. The molecule has 3 rings (SSSR count). The maximum absolute atomic E-state index is 11.1. The van der Waals surface area contributed by atoms with Crippen LogP contribution in [-0.4, -0.2) is 35.4 Å². The van der Waals surface area contributed by atoms with Crippen LogP contribution in [0.4, 0.5) is 11.4 Å². The lowest BCUT2D eigenvalue weighted by molar-refractivity contribution is -0.384. The molecule has 26 heavy (non-hydrogen) atoms. The number of nitrogens with zero attached hydrogens (tertiary/aromatic N) is 3. The summed E-state index contributed by atoms with van der Waals surface area (Å²) in [5, 5.41) is 11.1. The highest BCUT2D eigenvalue weighted by Crippen LogP contribution is 2.23. The number of nitro benzene ring substituents is 1. The number of benzene rings is 2. The van der Waals surface area contributed by atoms with Gasteiger partial charge in [0, 0.05) is 30.8 Å². The van der Waals surface area contributed by atoms with Crippen LogP contribution in [0.2, 0.25) is 0 Å². The predicted octanol–water partition coefficient (Wildman–Crippen LogP) is 4.56. The fourth-order valence-electron chi connectivity index (χ4n) is 3.09. The highest BCUT2D eigenvalue weighted by atomic mass is 16.6. The second kappa shape index (κ2) is 8.47. The van der Waals surface area contributed by atoms with E-state index in [0.29, 0.717) is 6.61 Å². The molecule has 0 bridgehead atoms. The highest BCUT2D eigenvalue weighted by molar-refractivity contribution is 6.00. The van der Waals surface area contributed by atoms with Crippen molar-refractivity contribution in [2.24, 2.45) is 4.99 Å². The normalized spacial score (nSPS) is 15.0. The van der Waals surface area contributed by atoms with Crippen molar-refractivity contribution < 1.29 is 9.66 Å². The van der Waals surface area contributed by atoms with Crippen molar-refractivity contribution in [3.8, 4) is 5.75 Å². The largest absolute Gasteiger partial charge is 0.494 e. The molecule has 136 valence electrons. The summed E-state index contributed by atoms with van der Waals surface area (Å²) in [6.07, 6.45) is 3.43. The lowest BCUT2D eigenvalue weighted by Crippen LogP contribution is -2.36. The molecule has 0 N–H and O–H groups in total. The highest BCUT2D eigenvalue weighted by Gasteiger charge is 2.19. The van der Waals surface area contributed by atoms with Crippen molar-refractivity contribution in [2.45, 2.75) is 26.2 Å². The lowest BCUT2D eigenvalue weighted by atomic mass is 10.1. The van der Waals surface area contributed by atoms with E-state index in [4.69, 9.17) is 9.73 Å². The number of nitro groups is 1. The van der Waals surface area contributed by atoms with Gasteiger partial charge in [-0.15, -0.1) is 0 Å². The number of likely N-dealkylation sites (tertiary alicyclic amines) is 1. The van der Waals surface area contributed by atoms with Crippen LogP contribution >= 0.6 is 0 Å². The van der Waals surface area contributed by atoms with Crippen LogP contribution in [0.3, 0.4) is 0 Å². The van der Waals surface area contributed by atoms with Crippen LogP contribution in [0.15, 0.2) is 53.5 Å². The molecule has 0 radical (unpaired) electrons. The summed E-state index contributed by atoms with van der Waals surface area (Å²) >= 11 is 0. The topological polar surface area (TPSA) is 68.0 Å². The standard InChI is InChI=1S/C20H23N3O3/c1-2-26-19-11-9-17(10-12-19)21-20(22-13-4-3-5-14-22)16-7-6-8-18(15-16)23(24)25/h6-12,15H,2-5,13-14H2,1H3. The molecule has 1 aliphatic rings. The Labute approximate surface area is 153 Å². The zero-order valence-corrected chi connectivity index (χ0v) is 14.9. The monoisotopic (exact) mass is 353 g/mol. The minimum Gasteiger partial charge on any atom is -0.494 e. The van der Waals surface area contributed by atoms with Gasteiger partial charge >= 0.3 is 0 Å². The Bertz CT molecular complexity index is 781. The summed E-state index contributed by atoms with van der Waals surface area (Å²) < 4.78 is 5.48. The average molecular weight is 353 g/mol. The van der Waals surface area contributed by atoms with Gasteiger partial charge in [-0.1, -0.05) is 12.1 Å². The molecule has 6 nitrogen and oxygen atoms in total. The van der Waals surface area contributed by atoms with Gasteiger partial charge in [-0.3, -0.25) is 10.1 Å². The van der Waals surface area contributed by atoms with Crippen molar-refractivity contribution in [3.63, 3.8) is 0 Å². The average Bonchev–Trinajstić information content (AvgIpc) is 2.68. The van der Waals surface area contributed by atoms with Gasteiger partial charge in [0.05, 0.1) is 17.2 Å². The number of ether oxygens (including phenoxy) is 1. The number of non-ortho nitro benzene ring substituents is 1. The van der Waals surface area contributed by atoms with Gasteiger partial charge in [0.2, 0.25) is 0 Å². The van der Waals surface area contributed by atoms with Crippen molar-refractivity contribution in [3.05, 3.63) is 64.2 Å². The van der Waals surface area contributed by atoms with Crippen LogP contribution < -0.4 is 4.74 Å². The fourth-order valence-corrected chi connectivity index (χ4v) is 3.09. The first-order valence-electron chi connectivity index (χ1n) is 8.98. The van der Waals surface area contributed by atoms with E-state index >= 15 is 0 Å². The van der Waals surface area contributed by atoms with E-state index in [9.17, 15) is 10.1 Å². The molecule has 1 heterocycles. The zero-order chi connectivity index (χ0) is 18.4. The minimum atomic E-state index is -0.367. The van der Waals surface area contributed by atoms with Crippen LogP contribution in [-0.2, 0) is 0 Å². The number of aliphatic imine (C=N–C) groups is 1. The van der Waals surface area contributed by atoms with Gasteiger partial charge in [0.25, 0.3) is 5.69 Å². The number of amidine groups is 1. The molecular weight excluding hydrogens is 330 g/mol. The summed E-state index contributed by atoms with van der Waals surface area (Å²) in [4.78, 5) is 17.8. The third-order valence-corrected chi connectivity index (χ3v) is 4.35. The predicted molar refractivity (Wildman–Crippen MR) is 102 cm³/mol. The van der Waals surface area contributed by atoms with Gasteiger partial charge in [-0.2, -0.15) is 0 Å². The number of rotatable bonds is 5.